The summed E-state index contributed by atoms with van der Waals surface area (Å²) >= 11 is 0. The van der Waals surface area contributed by atoms with Crippen LogP contribution in [0.25, 0.3) is 0 Å². The summed E-state index contributed by atoms with van der Waals surface area (Å²) in [5.74, 6) is 1.08. The molecule has 0 aromatic carbocycles. The molecule has 1 atom stereocenters. The van der Waals surface area contributed by atoms with E-state index in [1.165, 1.54) is 12.7 Å². The molecule has 0 radical (unpaired) electrons. The Bertz CT molecular complexity index is 632. The Morgan fingerprint density at radius 2 is 2.13 bits per heavy atom. The van der Waals surface area contributed by atoms with Crippen LogP contribution in [0.3, 0.4) is 0 Å². The minimum absolute atomic E-state index is 0.161. The quantitative estimate of drug-likeness (QED) is 0.899. The first-order chi connectivity index (χ1) is 11.1. The number of nitrogens with zero attached hydrogens (tertiary/aromatic N) is 3. The molecule has 8 nitrogen and oxygen atoms in total. The van der Waals surface area contributed by atoms with Crippen molar-refractivity contribution in [3.8, 4) is 0 Å². The molecule has 2 aromatic heterocycles. The van der Waals surface area contributed by atoms with Crippen LogP contribution in [0.15, 0.2) is 21.6 Å². The molecule has 8 heteroatoms. The molecule has 1 saturated heterocycles. The van der Waals surface area contributed by atoms with Crippen molar-refractivity contribution in [3.63, 3.8) is 0 Å². The molecule has 1 aliphatic rings. The zero-order chi connectivity index (χ0) is 16.2. The molecule has 124 valence electrons. The first kappa shape index (κ1) is 15.7. The molecule has 3 rings (SSSR count). The predicted molar refractivity (Wildman–Crippen MR) is 78.6 cm³/mol. The number of nitrogens with one attached hydrogen (secondary N) is 1. The Morgan fingerprint density at radius 3 is 2.74 bits per heavy atom. The zero-order valence-corrected chi connectivity index (χ0v) is 13.2. The second kappa shape index (κ2) is 6.91. The van der Waals surface area contributed by atoms with Crippen molar-refractivity contribution in [2.45, 2.75) is 38.6 Å². The minimum atomic E-state index is -0.358. The maximum Gasteiger partial charge on any atom is 0.273 e. The maximum atomic E-state index is 12.3. The van der Waals surface area contributed by atoms with Crippen LogP contribution in [0.5, 0.6) is 0 Å². The van der Waals surface area contributed by atoms with Gasteiger partial charge >= 0.3 is 0 Å². The van der Waals surface area contributed by atoms with Crippen molar-refractivity contribution in [2.75, 3.05) is 13.2 Å². The SMILES string of the molecule is CC(C)c1noc(C(NC(=O)c2cocn2)C2CCOCC2)n1. The van der Waals surface area contributed by atoms with Crippen molar-refractivity contribution >= 4 is 5.91 Å². The summed E-state index contributed by atoms with van der Waals surface area (Å²) in [4.78, 5) is 20.6. The molecular weight excluding hydrogens is 300 g/mol. The van der Waals surface area contributed by atoms with Crippen LogP contribution in [-0.4, -0.2) is 34.2 Å². The van der Waals surface area contributed by atoms with E-state index in [9.17, 15) is 4.79 Å². The van der Waals surface area contributed by atoms with Gasteiger partial charge in [0.1, 0.15) is 12.3 Å². The van der Waals surface area contributed by atoms with Gasteiger partial charge in [-0.2, -0.15) is 4.98 Å². The highest BCUT2D eigenvalue weighted by Crippen LogP contribution is 2.30. The van der Waals surface area contributed by atoms with Gasteiger partial charge in [-0.15, -0.1) is 0 Å². The first-order valence-electron chi connectivity index (χ1n) is 7.75. The molecule has 1 amide bonds. The van der Waals surface area contributed by atoms with Crippen LogP contribution >= 0.6 is 0 Å². The smallest absolute Gasteiger partial charge is 0.273 e. The van der Waals surface area contributed by atoms with Gasteiger partial charge in [-0.25, -0.2) is 4.98 Å². The highest BCUT2D eigenvalue weighted by Gasteiger charge is 2.32. The molecule has 0 spiro atoms. The fraction of sp³-hybridized carbons (Fsp3) is 0.600. The number of ether oxygens (including phenoxy) is 1. The summed E-state index contributed by atoms with van der Waals surface area (Å²) in [5.41, 5.74) is 0.227. The highest BCUT2D eigenvalue weighted by molar-refractivity contribution is 5.92. The van der Waals surface area contributed by atoms with Gasteiger partial charge in [0.25, 0.3) is 5.91 Å². The lowest BCUT2D eigenvalue weighted by molar-refractivity contribution is 0.0467. The molecule has 0 bridgehead atoms. The van der Waals surface area contributed by atoms with Gasteiger partial charge in [-0.3, -0.25) is 4.79 Å². The number of rotatable bonds is 5. The van der Waals surface area contributed by atoms with E-state index in [4.69, 9.17) is 13.7 Å². The number of aromatic nitrogens is 3. The van der Waals surface area contributed by atoms with Crippen molar-refractivity contribution in [3.05, 3.63) is 30.1 Å². The van der Waals surface area contributed by atoms with E-state index in [2.05, 4.69) is 20.4 Å². The first-order valence-corrected chi connectivity index (χ1v) is 7.75. The summed E-state index contributed by atoms with van der Waals surface area (Å²) in [6, 6.07) is -0.358. The van der Waals surface area contributed by atoms with Crippen LogP contribution in [0.2, 0.25) is 0 Å². The van der Waals surface area contributed by atoms with Gasteiger partial charge in [0.15, 0.2) is 17.9 Å². The fourth-order valence-corrected chi connectivity index (χ4v) is 2.58. The number of hydrogen-bond acceptors (Lipinski definition) is 7. The Morgan fingerprint density at radius 1 is 1.35 bits per heavy atom. The third-order valence-electron chi connectivity index (χ3n) is 3.93. The van der Waals surface area contributed by atoms with Crippen LogP contribution in [0.4, 0.5) is 0 Å². The van der Waals surface area contributed by atoms with Crippen LogP contribution < -0.4 is 5.32 Å². The van der Waals surface area contributed by atoms with Gasteiger partial charge < -0.3 is 19.0 Å². The molecule has 1 fully saturated rings. The second-order valence-corrected chi connectivity index (χ2v) is 5.92. The lowest BCUT2D eigenvalue weighted by Crippen LogP contribution is -2.36. The Kier molecular flexibility index (Phi) is 4.71. The van der Waals surface area contributed by atoms with Crippen molar-refractivity contribution < 1.29 is 18.5 Å². The number of carbonyl (C=O) groups is 1. The van der Waals surface area contributed by atoms with Crippen LogP contribution in [0.1, 0.15) is 60.9 Å². The average molecular weight is 320 g/mol. The van der Waals surface area contributed by atoms with E-state index in [1.807, 2.05) is 13.8 Å². The monoisotopic (exact) mass is 320 g/mol. The van der Waals surface area contributed by atoms with Crippen molar-refractivity contribution in [1.82, 2.24) is 20.4 Å². The third-order valence-corrected chi connectivity index (χ3v) is 3.93. The van der Waals surface area contributed by atoms with Crippen molar-refractivity contribution in [1.29, 1.82) is 0 Å². The molecule has 2 aromatic rings. The van der Waals surface area contributed by atoms with Gasteiger partial charge in [0, 0.05) is 19.1 Å². The van der Waals surface area contributed by atoms with E-state index in [1.54, 1.807) is 0 Å². The van der Waals surface area contributed by atoms with E-state index in [-0.39, 0.29) is 29.5 Å². The molecule has 23 heavy (non-hydrogen) atoms. The number of hydrogen-bond donors (Lipinski definition) is 1. The predicted octanol–water partition coefficient (Wildman–Crippen LogP) is 2.08. The molecule has 0 aliphatic carbocycles. The van der Waals surface area contributed by atoms with Crippen molar-refractivity contribution in [2.24, 2.45) is 5.92 Å². The largest absolute Gasteiger partial charge is 0.451 e. The number of oxazole rings is 1. The van der Waals surface area contributed by atoms with Gasteiger partial charge in [0.2, 0.25) is 5.89 Å². The van der Waals surface area contributed by atoms with E-state index in [0.29, 0.717) is 24.9 Å². The second-order valence-electron chi connectivity index (χ2n) is 5.92. The minimum Gasteiger partial charge on any atom is -0.451 e. The molecule has 1 unspecified atom stereocenters. The molecule has 3 heterocycles. The Labute approximate surface area is 133 Å². The topological polar surface area (TPSA) is 103 Å². The zero-order valence-electron chi connectivity index (χ0n) is 13.2. The summed E-state index contributed by atoms with van der Waals surface area (Å²) in [5, 5.41) is 6.94. The summed E-state index contributed by atoms with van der Waals surface area (Å²) in [6.07, 6.45) is 4.18. The van der Waals surface area contributed by atoms with Gasteiger partial charge in [-0.1, -0.05) is 19.0 Å². The molecule has 1 aliphatic heterocycles. The maximum absolute atomic E-state index is 12.3. The Balaban J connectivity index is 1.81. The van der Waals surface area contributed by atoms with Gasteiger partial charge in [-0.05, 0) is 18.8 Å². The van der Waals surface area contributed by atoms with E-state index < -0.39 is 0 Å². The van der Waals surface area contributed by atoms with E-state index in [0.717, 1.165) is 12.8 Å². The van der Waals surface area contributed by atoms with E-state index >= 15 is 0 Å². The summed E-state index contributed by atoms with van der Waals surface area (Å²) in [6.45, 7) is 5.30. The van der Waals surface area contributed by atoms with Gasteiger partial charge in [0.05, 0.1) is 0 Å². The molecule has 1 N–H and O–H groups in total. The summed E-state index contributed by atoms with van der Waals surface area (Å²) < 4.78 is 15.7. The standard InChI is InChI=1S/C15H20N4O4/c1-9(2)13-18-15(23-19-13)12(10-3-5-21-6-4-10)17-14(20)11-7-22-8-16-11/h7-10,12H,3-6H2,1-2H3,(H,17,20). The number of amides is 1. The molecular formula is C15H20N4O4. The highest BCUT2D eigenvalue weighted by atomic mass is 16.5. The molecule has 0 saturated carbocycles. The Hall–Kier alpha value is -2.22. The third kappa shape index (κ3) is 3.58. The number of carbonyl (C=O) groups excluding carboxylic acids is 1. The lowest BCUT2D eigenvalue weighted by atomic mass is 9.91. The van der Waals surface area contributed by atoms with Crippen LogP contribution in [-0.2, 0) is 4.74 Å². The average Bonchev–Trinajstić information content (AvgIpc) is 3.24. The summed E-state index contributed by atoms with van der Waals surface area (Å²) in [7, 11) is 0. The normalized spacial score (nSPS) is 17.3. The van der Waals surface area contributed by atoms with Crippen LogP contribution in [0, 0.1) is 5.92 Å². The fourth-order valence-electron chi connectivity index (χ4n) is 2.58. The lowest BCUT2D eigenvalue weighted by Gasteiger charge is -2.28.